The number of Topliss-reactive ketones (excluding diaryl/α,β-unsaturated/α-hetero) is 1. The number of benzene rings is 2. The molecule has 0 saturated carbocycles. The second-order valence-corrected chi connectivity index (χ2v) is 6.85. The van der Waals surface area contributed by atoms with Crippen molar-refractivity contribution in [2.75, 3.05) is 0 Å². The van der Waals surface area contributed by atoms with E-state index in [2.05, 4.69) is 27.6 Å². The molecule has 0 fully saturated rings. The van der Waals surface area contributed by atoms with Crippen molar-refractivity contribution in [2.24, 2.45) is 5.92 Å². The molecule has 2 aromatic carbocycles. The van der Waals surface area contributed by atoms with Gasteiger partial charge < -0.3 is 9.30 Å². The summed E-state index contributed by atoms with van der Waals surface area (Å²) in [5.74, 6) is 1.50. The Morgan fingerprint density at radius 2 is 1.75 bits per heavy atom. The monoisotopic (exact) mass is 432 g/mol. The van der Waals surface area contributed by atoms with Crippen LogP contribution >= 0.6 is 22.6 Å². The Bertz CT molecular complexity index is 796. The van der Waals surface area contributed by atoms with E-state index in [4.69, 9.17) is 4.74 Å². The fourth-order valence-electron chi connectivity index (χ4n) is 2.40. The number of halogens is 1. The SMILES string of the molecule is CC(Cn1ccnc1)C(=O)c1ccc(Oc2ccc(I)cc2)cc1. The summed E-state index contributed by atoms with van der Waals surface area (Å²) in [5, 5.41) is 0. The minimum Gasteiger partial charge on any atom is -0.457 e. The van der Waals surface area contributed by atoms with Crippen LogP contribution in [0.3, 0.4) is 0 Å². The van der Waals surface area contributed by atoms with Gasteiger partial charge in [0.25, 0.3) is 0 Å². The molecule has 0 saturated heterocycles. The number of carbonyl (C=O) groups excluding carboxylic acids is 1. The average molecular weight is 432 g/mol. The molecule has 0 spiro atoms. The van der Waals surface area contributed by atoms with Crippen LogP contribution in [-0.2, 0) is 6.54 Å². The van der Waals surface area contributed by atoms with E-state index in [1.165, 1.54) is 0 Å². The average Bonchev–Trinajstić information content (AvgIpc) is 3.10. The molecule has 0 radical (unpaired) electrons. The first-order chi connectivity index (χ1) is 11.6. The van der Waals surface area contributed by atoms with Crippen LogP contribution in [0.5, 0.6) is 11.5 Å². The quantitative estimate of drug-likeness (QED) is 0.415. The highest BCUT2D eigenvalue weighted by Crippen LogP contribution is 2.23. The third-order valence-corrected chi connectivity index (χ3v) is 4.40. The molecule has 1 heterocycles. The maximum atomic E-state index is 12.5. The zero-order valence-electron chi connectivity index (χ0n) is 13.2. The number of ether oxygens (including phenoxy) is 1. The Kier molecular flexibility index (Phi) is 5.30. The summed E-state index contributed by atoms with van der Waals surface area (Å²) >= 11 is 2.25. The van der Waals surface area contributed by atoms with Gasteiger partial charge in [0.15, 0.2) is 5.78 Å². The van der Waals surface area contributed by atoms with Crippen LogP contribution in [0.2, 0.25) is 0 Å². The summed E-state index contributed by atoms with van der Waals surface area (Å²) in [5.41, 5.74) is 0.692. The summed E-state index contributed by atoms with van der Waals surface area (Å²) in [6.45, 7) is 2.55. The first-order valence-corrected chi connectivity index (χ1v) is 8.73. The molecule has 0 aliphatic heterocycles. The Balaban J connectivity index is 1.65. The molecule has 5 heteroatoms. The topological polar surface area (TPSA) is 44.1 Å². The van der Waals surface area contributed by atoms with Gasteiger partial charge >= 0.3 is 0 Å². The van der Waals surface area contributed by atoms with Crippen LogP contribution in [0.15, 0.2) is 67.3 Å². The first-order valence-electron chi connectivity index (χ1n) is 7.65. The smallest absolute Gasteiger partial charge is 0.167 e. The molecule has 0 aliphatic carbocycles. The fourth-order valence-corrected chi connectivity index (χ4v) is 2.76. The Hall–Kier alpha value is -2.15. The highest BCUT2D eigenvalue weighted by molar-refractivity contribution is 14.1. The number of carbonyl (C=O) groups is 1. The lowest BCUT2D eigenvalue weighted by Gasteiger charge is -2.12. The van der Waals surface area contributed by atoms with Gasteiger partial charge in [-0.3, -0.25) is 4.79 Å². The standard InChI is InChI=1S/C19H17IN2O2/c1-14(12-22-11-10-21-13-22)19(23)15-2-6-17(7-3-15)24-18-8-4-16(20)5-9-18/h2-11,13-14H,12H2,1H3. The molecule has 3 aromatic rings. The highest BCUT2D eigenvalue weighted by Gasteiger charge is 2.15. The number of nitrogens with zero attached hydrogens (tertiary/aromatic N) is 2. The van der Waals surface area contributed by atoms with Crippen LogP contribution in [0, 0.1) is 9.49 Å². The van der Waals surface area contributed by atoms with Crippen molar-refractivity contribution in [1.82, 2.24) is 9.55 Å². The largest absolute Gasteiger partial charge is 0.457 e. The van der Waals surface area contributed by atoms with E-state index in [-0.39, 0.29) is 11.7 Å². The lowest BCUT2D eigenvalue weighted by atomic mass is 9.99. The summed E-state index contributed by atoms with van der Waals surface area (Å²) in [7, 11) is 0. The molecule has 0 amide bonds. The lowest BCUT2D eigenvalue weighted by Crippen LogP contribution is -2.17. The van der Waals surface area contributed by atoms with Crippen LogP contribution in [0.25, 0.3) is 0 Å². The van der Waals surface area contributed by atoms with Gasteiger partial charge in [0.1, 0.15) is 11.5 Å². The van der Waals surface area contributed by atoms with Gasteiger partial charge in [-0.1, -0.05) is 6.92 Å². The predicted octanol–water partition coefficient (Wildman–Crippen LogP) is 4.80. The molecule has 24 heavy (non-hydrogen) atoms. The van der Waals surface area contributed by atoms with Crippen molar-refractivity contribution < 1.29 is 9.53 Å². The van der Waals surface area contributed by atoms with Gasteiger partial charge in [0.05, 0.1) is 6.33 Å². The molecule has 4 nitrogen and oxygen atoms in total. The predicted molar refractivity (Wildman–Crippen MR) is 101 cm³/mol. The fraction of sp³-hybridized carbons (Fsp3) is 0.158. The third-order valence-electron chi connectivity index (χ3n) is 3.68. The number of hydrogen-bond acceptors (Lipinski definition) is 3. The maximum Gasteiger partial charge on any atom is 0.167 e. The van der Waals surface area contributed by atoms with E-state index < -0.39 is 0 Å². The first kappa shape index (κ1) is 16.7. The van der Waals surface area contributed by atoms with Gasteiger partial charge in [0, 0.05) is 34.0 Å². The van der Waals surface area contributed by atoms with E-state index in [0.717, 1.165) is 15.1 Å². The van der Waals surface area contributed by atoms with Crippen LogP contribution < -0.4 is 4.74 Å². The molecule has 1 unspecified atom stereocenters. The summed E-state index contributed by atoms with van der Waals surface area (Å²) in [4.78, 5) is 16.5. The van der Waals surface area contributed by atoms with Crippen LogP contribution in [0.4, 0.5) is 0 Å². The molecular formula is C19H17IN2O2. The summed E-state index contributed by atoms with van der Waals surface area (Å²) in [6.07, 6.45) is 5.30. The van der Waals surface area contributed by atoms with Crippen molar-refractivity contribution in [2.45, 2.75) is 13.5 Å². The van der Waals surface area contributed by atoms with Gasteiger partial charge in [-0.05, 0) is 71.1 Å². The molecule has 1 aromatic heterocycles. The Labute approximate surface area is 154 Å². The van der Waals surface area contributed by atoms with E-state index >= 15 is 0 Å². The van der Waals surface area contributed by atoms with E-state index in [1.54, 1.807) is 12.5 Å². The van der Waals surface area contributed by atoms with Gasteiger partial charge in [-0.25, -0.2) is 4.98 Å². The molecule has 0 N–H and O–H groups in total. The zero-order valence-corrected chi connectivity index (χ0v) is 15.4. The number of rotatable bonds is 6. The Morgan fingerprint density at radius 1 is 1.12 bits per heavy atom. The zero-order chi connectivity index (χ0) is 16.9. The molecule has 0 bridgehead atoms. The summed E-state index contributed by atoms with van der Waals surface area (Å²) in [6, 6.07) is 15.1. The van der Waals surface area contributed by atoms with Gasteiger partial charge in [-0.15, -0.1) is 0 Å². The van der Waals surface area contributed by atoms with E-state index in [9.17, 15) is 4.79 Å². The van der Waals surface area contributed by atoms with Crippen molar-refractivity contribution >= 4 is 28.4 Å². The van der Waals surface area contributed by atoms with Crippen LogP contribution in [0.1, 0.15) is 17.3 Å². The number of hydrogen-bond donors (Lipinski definition) is 0. The van der Waals surface area contributed by atoms with Crippen molar-refractivity contribution in [3.8, 4) is 11.5 Å². The van der Waals surface area contributed by atoms with E-state index in [0.29, 0.717) is 12.1 Å². The minimum absolute atomic E-state index is 0.109. The van der Waals surface area contributed by atoms with Crippen LogP contribution in [-0.4, -0.2) is 15.3 Å². The second kappa shape index (κ2) is 7.61. The number of imidazole rings is 1. The Morgan fingerprint density at radius 3 is 2.33 bits per heavy atom. The molecule has 0 aliphatic rings. The van der Waals surface area contributed by atoms with Gasteiger partial charge in [-0.2, -0.15) is 0 Å². The maximum absolute atomic E-state index is 12.5. The second-order valence-electron chi connectivity index (χ2n) is 5.61. The van der Waals surface area contributed by atoms with Crippen molar-refractivity contribution in [1.29, 1.82) is 0 Å². The van der Waals surface area contributed by atoms with E-state index in [1.807, 2.05) is 66.2 Å². The molecular weight excluding hydrogens is 415 g/mol. The highest BCUT2D eigenvalue weighted by atomic mass is 127. The normalized spacial score (nSPS) is 11.9. The minimum atomic E-state index is -0.109. The molecule has 122 valence electrons. The summed E-state index contributed by atoms with van der Waals surface area (Å²) < 4.78 is 8.86. The molecule has 3 rings (SSSR count). The van der Waals surface area contributed by atoms with Crippen molar-refractivity contribution in [3.63, 3.8) is 0 Å². The number of ketones is 1. The lowest BCUT2D eigenvalue weighted by molar-refractivity contribution is 0.0918. The molecule has 1 atom stereocenters. The van der Waals surface area contributed by atoms with Crippen molar-refractivity contribution in [3.05, 3.63) is 76.4 Å². The number of aromatic nitrogens is 2. The third kappa shape index (κ3) is 4.23. The van der Waals surface area contributed by atoms with Gasteiger partial charge in [0.2, 0.25) is 0 Å².